The summed E-state index contributed by atoms with van der Waals surface area (Å²) in [5.41, 5.74) is 10.6. The molecule has 0 bridgehead atoms. The van der Waals surface area contributed by atoms with E-state index < -0.39 is 0 Å². The predicted molar refractivity (Wildman–Crippen MR) is 157 cm³/mol. The number of allylic oxidation sites excluding steroid dienone is 2. The number of anilines is 3. The SMILES string of the molecule is C/C(=C\CN1CN(C)c2ncnc(N)c21)CC[C@]1(C)[C@@H](C)CC[C@@]2(C)C(COC(=O)c3ccc[nH]3)=CCC[C@@H]12. The number of hydrogen-bond acceptors (Lipinski definition) is 7. The normalized spacial score (nSPS) is 28.6. The topological polar surface area (TPSA) is 100 Å². The van der Waals surface area contributed by atoms with Crippen LogP contribution in [0.5, 0.6) is 0 Å². The third kappa shape index (κ3) is 5.06. The highest BCUT2D eigenvalue weighted by atomic mass is 16.5. The second kappa shape index (κ2) is 10.7. The van der Waals surface area contributed by atoms with Crippen LogP contribution in [0.4, 0.5) is 17.3 Å². The number of aromatic amines is 1. The van der Waals surface area contributed by atoms with Gasteiger partial charge in [0.2, 0.25) is 0 Å². The fourth-order valence-corrected chi connectivity index (χ4v) is 7.45. The molecule has 1 saturated carbocycles. The zero-order valence-corrected chi connectivity index (χ0v) is 24.2. The molecule has 2 aromatic heterocycles. The van der Waals surface area contributed by atoms with Crippen molar-refractivity contribution in [1.29, 1.82) is 0 Å². The quantitative estimate of drug-likeness (QED) is 0.319. The zero-order chi connectivity index (χ0) is 27.8. The molecule has 210 valence electrons. The number of nitrogens with one attached hydrogen (secondary N) is 1. The van der Waals surface area contributed by atoms with Gasteiger partial charge < -0.3 is 25.3 Å². The number of carbonyl (C=O) groups excluding carboxylic acids is 1. The van der Waals surface area contributed by atoms with Crippen molar-refractivity contribution in [1.82, 2.24) is 15.0 Å². The lowest BCUT2D eigenvalue weighted by atomic mass is 9.47. The fourth-order valence-electron chi connectivity index (χ4n) is 7.45. The predicted octanol–water partition coefficient (Wildman–Crippen LogP) is 5.96. The molecule has 3 aliphatic rings. The van der Waals surface area contributed by atoms with Crippen molar-refractivity contribution in [2.75, 3.05) is 42.4 Å². The molecule has 0 aromatic carbocycles. The standard InChI is InChI=1S/C31H44N6O2/c1-21(13-17-37-20-36(5)28-26(37)27(32)34-19-35-28)11-14-30(3)22(2)12-15-31(4)23(8-6-10-25(30)31)18-39-29(38)24-9-7-16-33-24/h7-9,13,16,19,22,25,33H,6,10-12,14-15,17-18,20H2,1-5H3,(H2,32,34,35)/b21-13+/t22-,25-,30+,31-/m0/s1. The Morgan fingerprint density at radius 2 is 2.13 bits per heavy atom. The molecule has 39 heavy (non-hydrogen) atoms. The van der Waals surface area contributed by atoms with Crippen molar-refractivity contribution in [3.05, 3.63) is 53.6 Å². The number of esters is 1. The van der Waals surface area contributed by atoms with Gasteiger partial charge in [-0.05, 0) is 85.8 Å². The lowest BCUT2D eigenvalue weighted by Gasteiger charge is -2.58. The summed E-state index contributed by atoms with van der Waals surface area (Å²) in [6.07, 6.45) is 14.8. The summed E-state index contributed by atoms with van der Waals surface area (Å²) in [7, 11) is 2.04. The van der Waals surface area contributed by atoms with Gasteiger partial charge in [-0.1, -0.05) is 38.5 Å². The lowest BCUT2D eigenvalue weighted by Crippen LogP contribution is -2.50. The molecule has 5 rings (SSSR count). The van der Waals surface area contributed by atoms with Crippen LogP contribution in [-0.2, 0) is 4.74 Å². The average Bonchev–Trinajstić information content (AvgIpc) is 3.57. The Hall–Kier alpha value is -3.29. The molecule has 0 unspecified atom stereocenters. The summed E-state index contributed by atoms with van der Waals surface area (Å²) in [6, 6.07) is 3.59. The van der Waals surface area contributed by atoms with Gasteiger partial charge in [0.1, 0.15) is 24.3 Å². The number of carbonyl (C=O) groups is 1. The van der Waals surface area contributed by atoms with E-state index in [2.05, 4.69) is 64.6 Å². The maximum atomic E-state index is 12.5. The largest absolute Gasteiger partial charge is 0.456 e. The van der Waals surface area contributed by atoms with Crippen LogP contribution in [-0.4, -0.2) is 47.8 Å². The summed E-state index contributed by atoms with van der Waals surface area (Å²) in [5, 5.41) is 0. The molecule has 8 heteroatoms. The number of rotatable bonds is 8. The van der Waals surface area contributed by atoms with Crippen molar-refractivity contribution in [2.45, 2.75) is 66.2 Å². The first kappa shape index (κ1) is 27.3. The number of aromatic nitrogens is 3. The third-order valence-electron chi connectivity index (χ3n) is 10.2. The molecule has 1 aliphatic heterocycles. The maximum Gasteiger partial charge on any atom is 0.355 e. The third-order valence-corrected chi connectivity index (χ3v) is 10.2. The Bertz CT molecular complexity index is 1250. The Balaban J connectivity index is 1.25. The first-order chi connectivity index (χ1) is 18.6. The molecule has 8 nitrogen and oxygen atoms in total. The number of H-pyrrole nitrogens is 1. The van der Waals surface area contributed by atoms with Crippen LogP contribution in [0, 0.1) is 22.7 Å². The Morgan fingerprint density at radius 1 is 1.31 bits per heavy atom. The summed E-state index contributed by atoms with van der Waals surface area (Å²) < 4.78 is 5.78. The van der Waals surface area contributed by atoms with Crippen LogP contribution in [0.3, 0.4) is 0 Å². The van der Waals surface area contributed by atoms with Gasteiger partial charge in [-0.2, -0.15) is 0 Å². The van der Waals surface area contributed by atoms with E-state index in [9.17, 15) is 4.79 Å². The highest BCUT2D eigenvalue weighted by Gasteiger charge is 2.53. The Morgan fingerprint density at radius 3 is 2.90 bits per heavy atom. The second-order valence-corrected chi connectivity index (χ2v) is 12.4. The van der Waals surface area contributed by atoms with E-state index in [1.165, 1.54) is 30.3 Å². The van der Waals surface area contributed by atoms with Crippen molar-refractivity contribution in [2.24, 2.45) is 22.7 Å². The summed E-state index contributed by atoms with van der Waals surface area (Å²) in [5.74, 6) is 2.38. The molecular weight excluding hydrogens is 488 g/mol. The summed E-state index contributed by atoms with van der Waals surface area (Å²) >= 11 is 0. The molecule has 1 fully saturated rings. The van der Waals surface area contributed by atoms with Crippen LogP contribution >= 0.6 is 0 Å². The second-order valence-electron chi connectivity index (χ2n) is 12.4. The van der Waals surface area contributed by atoms with Gasteiger partial charge >= 0.3 is 5.97 Å². The first-order valence-corrected chi connectivity index (χ1v) is 14.4. The molecule has 3 N–H and O–H groups in total. The van der Waals surface area contributed by atoms with E-state index in [-0.39, 0.29) is 16.8 Å². The van der Waals surface area contributed by atoms with E-state index in [0.717, 1.165) is 50.4 Å². The minimum Gasteiger partial charge on any atom is -0.456 e. The Kier molecular flexibility index (Phi) is 7.49. The molecule has 0 amide bonds. The maximum absolute atomic E-state index is 12.5. The van der Waals surface area contributed by atoms with Crippen LogP contribution in [0.15, 0.2) is 48.0 Å². The molecule has 2 aliphatic carbocycles. The molecular formula is C31H44N6O2. The summed E-state index contributed by atoms with van der Waals surface area (Å²) in [6.45, 7) is 11.6. The monoisotopic (exact) mass is 532 g/mol. The minimum absolute atomic E-state index is 0.0640. The number of fused-ring (bicyclic) bond motifs is 2. The number of hydrogen-bond donors (Lipinski definition) is 2. The molecule has 0 radical (unpaired) electrons. The highest BCUT2D eigenvalue weighted by Crippen LogP contribution is 2.62. The van der Waals surface area contributed by atoms with Crippen molar-refractivity contribution >= 4 is 23.3 Å². The number of nitrogens with two attached hydrogens (primary N) is 1. The Labute approximate surface area is 232 Å². The van der Waals surface area contributed by atoms with Crippen molar-refractivity contribution in [3.8, 4) is 0 Å². The molecule has 0 saturated heterocycles. The summed E-state index contributed by atoms with van der Waals surface area (Å²) in [4.78, 5) is 28.5. The van der Waals surface area contributed by atoms with Crippen LogP contribution in [0.2, 0.25) is 0 Å². The molecule has 2 aromatic rings. The average molecular weight is 533 g/mol. The minimum atomic E-state index is -0.278. The first-order valence-electron chi connectivity index (χ1n) is 14.4. The highest BCUT2D eigenvalue weighted by molar-refractivity contribution is 5.87. The number of ether oxygens (including phenoxy) is 1. The van der Waals surface area contributed by atoms with Gasteiger partial charge in [-0.15, -0.1) is 0 Å². The van der Waals surface area contributed by atoms with E-state index in [1.54, 1.807) is 12.3 Å². The van der Waals surface area contributed by atoms with Crippen molar-refractivity contribution in [3.63, 3.8) is 0 Å². The van der Waals surface area contributed by atoms with Crippen LogP contribution < -0.4 is 15.5 Å². The lowest BCUT2D eigenvalue weighted by molar-refractivity contribution is -0.0516. The molecule has 4 atom stereocenters. The van der Waals surface area contributed by atoms with Gasteiger partial charge in [-0.25, -0.2) is 14.8 Å². The molecule has 3 heterocycles. The van der Waals surface area contributed by atoms with Gasteiger partial charge in [0, 0.05) is 19.8 Å². The van der Waals surface area contributed by atoms with Crippen molar-refractivity contribution < 1.29 is 9.53 Å². The van der Waals surface area contributed by atoms with Gasteiger partial charge in [0.15, 0.2) is 11.6 Å². The van der Waals surface area contributed by atoms with Gasteiger partial charge in [0.25, 0.3) is 0 Å². The molecule has 0 spiro atoms. The number of nitrogen functional groups attached to an aromatic ring is 1. The fraction of sp³-hybridized carbons (Fsp3) is 0.581. The van der Waals surface area contributed by atoms with E-state index in [0.29, 0.717) is 30.0 Å². The van der Waals surface area contributed by atoms with Crippen LogP contribution in [0.25, 0.3) is 0 Å². The zero-order valence-electron chi connectivity index (χ0n) is 24.2. The van der Waals surface area contributed by atoms with E-state index >= 15 is 0 Å². The smallest absolute Gasteiger partial charge is 0.355 e. The van der Waals surface area contributed by atoms with Crippen LogP contribution in [0.1, 0.15) is 76.7 Å². The van der Waals surface area contributed by atoms with E-state index in [4.69, 9.17) is 10.5 Å². The van der Waals surface area contributed by atoms with Gasteiger partial charge in [0.05, 0.1) is 6.67 Å². The van der Waals surface area contributed by atoms with Gasteiger partial charge in [-0.3, -0.25) is 0 Å². The van der Waals surface area contributed by atoms with E-state index in [1.807, 2.05) is 13.1 Å². The number of nitrogens with zero attached hydrogens (tertiary/aromatic N) is 4.